The second-order valence-electron chi connectivity index (χ2n) is 9.57. The molecule has 1 N–H and O–H groups in total. The van der Waals surface area contributed by atoms with Crippen molar-refractivity contribution in [2.75, 3.05) is 12.9 Å². The van der Waals surface area contributed by atoms with Gasteiger partial charge in [-0.15, -0.1) is 0 Å². The van der Waals surface area contributed by atoms with Gasteiger partial charge in [0.05, 0.1) is 0 Å². The van der Waals surface area contributed by atoms with Gasteiger partial charge in [-0.1, -0.05) is 18.2 Å². The minimum Gasteiger partial charge on any atom is -0.350 e. The third-order valence-corrected chi connectivity index (χ3v) is 8.99. The number of aryl methyl sites for hydroxylation is 1. The number of nitrogens with one attached hydrogen (secondary N) is 1. The van der Waals surface area contributed by atoms with Crippen LogP contribution in [0.3, 0.4) is 0 Å². The quantitative estimate of drug-likeness (QED) is 0.324. The molecule has 0 saturated carbocycles. The maximum absolute atomic E-state index is 14.5. The normalized spacial score (nSPS) is 17.6. The van der Waals surface area contributed by atoms with Gasteiger partial charge in [-0.05, 0) is 61.4 Å². The van der Waals surface area contributed by atoms with Crippen LogP contribution in [-0.4, -0.2) is 49.1 Å². The highest BCUT2D eigenvalue weighted by molar-refractivity contribution is 7.92. The summed E-state index contributed by atoms with van der Waals surface area (Å²) in [5.74, 6) is -1.39. The average molecular weight is 545 g/mol. The smallest absolute Gasteiger partial charge is 0.264 e. The number of carbonyl (C=O) groups is 2. The van der Waals surface area contributed by atoms with E-state index in [1.54, 1.807) is 24.3 Å². The number of rotatable bonds is 9. The highest BCUT2D eigenvalue weighted by Crippen LogP contribution is 2.27. The SMILES string of the molecule is C[C@@](CCn1ccc2cc(-c3ccc(C=O)cc3F)ccc2c1=O)(C(=O)NOC1CCCCO1)S(C)(=O)=O. The van der Waals surface area contributed by atoms with Crippen LogP contribution in [0.2, 0.25) is 0 Å². The summed E-state index contributed by atoms with van der Waals surface area (Å²) in [5.41, 5.74) is 2.90. The number of ether oxygens (including phenoxy) is 1. The zero-order valence-electron chi connectivity index (χ0n) is 21.1. The molecule has 3 aromatic rings. The number of hydrogen-bond acceptors (Lipinski definition) is 7. The summed E-state index contributed by atoms with van der Waals surface area (Å²) in [5, 5.41) is 0.913. The lowest BCUT2D eigenvalue weighted by molar-refractivity contribution is -0.201. The topological polar surface area (TPSA) is 121 Å². The fourth-order valence-electron chi connectivity index (χ4n) is 4.30. The van der Waals surface area contributed by atoms with E-state index in [0.29, 0.717) is 35.6 Å². The van der Waals surface area contributed by atoms with Gasteiger partial charge in [-0.2, -0.15) is 0 Å². The molecule has 1 aromatic heterocycles. The van der Waals surface area contributed by atoms with E-state index < -0.39 is 32.6 Å². The van der Waals surface area contributed by atoms with Gasteiger partial charge in [0.1, 0.15) is 12.1 Å². The van der Waals surface area contributed by atoms with Crippen LogP contribution >= 0.6 is 0 Å². The molecule has 2 atom stereocenters. The van der Waals surface area contributed by atoms with E-state index in [1.165, 1.54) is 29.8 Å². The first-order valence-electron chi connectivity index (χ1n) is 12.2. The summed E-state index contributed by atoms with van der Waals surface area (Å²) in [6, 6.07) is 10.7. The van der Waals surface area contributed by atoms with Crippen LogP contribution in [0, 0.1) is 5.82 Å². The van der Waals surface area contributed by atoms with E-state index in [0.717, 1.165) is 25.2 Å². The summed E-state index contributed by atoms with van der Waals surface area (Å²) in [6.45, 7) is 1.75. The molecule has 1 aliphatic heterocycles. The summed E-state index contributed by atoms with van der Waals surface area (Å²) >= 11 is 0. The Balaban J connectivity index is 1.54. The molecule has 11 heteroatoms. The maximum atomic E-state index is 14.5. The third-order valence-electron chi connectivity index (χ3n) is 6.97. The van der Waals surface area contributed by atoms with Gasteiger partial charge in [0.2, 0.25) is 0 Å². The van der Waals surface area contributed by atoms with E-state index in [1.807, 2.05) is 0 Å². The Morgan fingerprint density at radius 1 is 1.24 bits per heavy atom. The van der Waals surface area contributed by atoms with Crippen molar-refractivity contribution in [1.29, 1.82) is 0 Å². The Hall–Kier alpha value is -3.41. The van der Waals surface area contributed by atoms with Crippen LogP contribution in [0.4, 0.5) is 4.39 Å². The molecule has 38 heavy (non-hydrogen) atoms. The fraction of sp³-hybridized carbons (Fsp3) is 0.370. The highest BCUT2D eigenvalue weighted by atomic mass is 32.2. The lowest BCUT2D eigenvalue weighted by Crippen LogP contribution is -2.51. The Morgan fingerprint density at radius 3 is 2.68 bits per heavy atom. The fourth-order valence-corrected chi connectivity index (χ4v) is 5.14. The second-order valence-corrected chi connectivity index (χ2v) is 12.0. The van der Waals surface area contributed by atoms with Gasteiger partial charge in [0.15, 0.2) is 20.9 Å². The van der Waals surface area contributed by atoms with Gasteiger partial charge in [-0.3, -0.25) is 14.4 Å². The van der Waals surface area contributed by atoms with E-state index in [9.17, 15) is 27.2 Å². The highest BCUT2D eigenvalue weighted by Gasteiger charge is 2.44. The van der Waals surface area contributed by atoms with Crippen molar-refractivity contribution in [3.8, 4) is 11.1 Å². The van der Waals surface area contributed by atoms with Gasteiger partial charge in [0, 0.05) is 48.5 Å². The maximum Gasteiger partial charge on any atom is 0.264 e. The van der Waals surface area contributed by atoms with Gasteiger partial charge >= 0.3 is 0 Å². The van der Waals surface area contributed by atoms with Crippen molar-refractivity contribution in [3.05, 3.63) is 70.4 Å². The van der Waals surface area contributed by atoms with Crippen LogP contribution in [0.5, 0.6) is 0 Å². The molecular formula is C27H29FN2O7S. The Labute approximate surface area is 219 Å². The molecule has 9 nitrogen and oxygen atoms in total. The number of nitrogens with zero attached hydrogens (tertiary/aromatic N) is 1. The first kappa shape index (κ1) is 27.6. The van der Waals surface area contributed by atoms with Crippen molar-refractivity contribution in [3.63, 3.8) is 0 Å². The number of benzene rings is 2. The van der Waals surface area contributed by atoms with Gasteiger partial charge in [0.25, 0.3) is 11.5 Å². The minimum atomic E-state index is -3.89. The molecule has 1 amide bonds. The molecular weight excluding hydrogens is 515 g/mol. The summed E-state index contributed by atoms with van der Waals surface area (Å²) < 4.78 is 44.6. The molecule has 0 radical (unpaired) electrons. The third kappa shape index (κ3) is 5.69. The zero-order chi connectivity index (χ0) is 27.5. The molecule has 0 bridgehead atoms. The van der Waals surface area contributed by atoms with Crippen molar-refractivity contribution >= 4 is 32.8 Å². The van der Waals surface area contributed by atoms with E-state index in [4.69, 9.17) is 9.57 Å². The predicted molar refractivity (Wildman–Crippen MR) is 140 cm³/mol. The van der Waals surface area contributed by atoms with Crippen LogP contribution < -0.4 is 11.0 Å². The lowest BCUT2D eigenvalue weighted by atomic mass is 10.0. The van der Waals surface area contributed by atoms with Crippen molar-refractivity contribution in [2.24, 2.45) is 0 Å². The second kappa shape index (κ2) is 11.1. The molecule has 202 valence electrons. The number of sulfone groups is 1. The molecule has 2 heterocycles. The number of aromatic nitrogens is 1. The molecule has 1 fully saturated rings. The Morgan fingerprint density at radius 2 is 2.03 bits per heavy atom. The van der Waals surface area contributed by atoms with Crippen LogP contribution in [0.1, 0.15) is 43.0 Å². The van der Waals surface area contributed by atoms with Crippen molar-refractivity contribution in [2.45, 2.75) is 50.2 Å². The van der Waals surface area contributed by atoms with E-state index in [-0.39, 0.29) is 29.7 Å². The first-order chi connectivity index (χ1) is 18.0. The molecule has 0 aliphatic carbocycles. The van der Waals surface area contributed by atoms with Gasteiger partial charge in [-0.25, -0.2) is 23.1 Å². The number of fused-ring (bicyclic) bond motifs is 1. The van der Waals surface area contributed by atoms with Crippen molar-refractivity contribution in [1.82, 2.24) is 10.0 Å². The number of hydroxylamine groups is 1. The molecule has 1 aliphatic rings. The number of amides is 1. The van der Waals surface area contributed by atoms with Gasteiger partial charge < -0.3 is 9.30 Å². The van der Waals surface area contributed by atoms with E-state index >= 15 is 0 Å². The average Bonchev–Trinajstić information content (AvgIpc) is 2.90. The summed E-state index contributed by atoms with van der Waals surface area (Å²) in [4.78, 5) is 42.2. The zero-order valence-corrected chi connectivity index (χ0v) is 21.9. The summed E-state index contributed by atoms with van der Waals surface area (Å²) in [7, 11) is -3.89. The number of hydrogen-bond donors (Lipinski definition) is 1. The minimum absolute atomic E-state index is 0.0464. The molecule has 1 unspecified atom stereocenters. The monoisotopic (exact) mass is 544 g/mol. The number of pyridine rings is 1. The largest absolute Gasteiger partial charge is 0.350 e. The van der Waals surface area contributed by atoms with E-state index in [2.05, 4.69) is 5.48 Å². The lowest BCUT2D eigenvalue weighted by Gasteiger charge is -2.28. The number of carbonyl (C=O) groups excluding carboxylic acids is 2. The summed E-state index contributed by atoms with van der Waals surface area (Å²) in [6.07, 6.45) is 4.57. The van der Waals surface area contributed by atoms with Crippen molar-refractivity contribution < 1.29 is 32.0 Å². The predicted octanol–water partition coefficient (Wildman–Crippen LogP) is 3.39. The number of aldehydes is 1. The Bertz CT molecular complexity index is 1530. The number of halogens is 1. The van der Waals surface area contributed by atoms with Crippen LogP contribution in [-0.2, 0) is 30.8 Å². The molecule has 1 saturated heterocycles. The standard InChI is InChI=1S/C27H29FN2O7S/c1-27(38(2,34)35,26(33)29-37-24-5-3-4-14-36-24)11-13-30-12-10-20-16-19(7-9-22(20)25(30)32)21-8-6-18(17-31)15-23(21)28/h6-10,12,15-17,24H,3-5,11,13-14H2,1-2H3,(H,29,33)/t24?,27-/m1/s1. The van der Waals surface area contributed by atoms with Crippen LogP contribution in [0.15, 0.2) is 53.5 Å². The van der Waals surface area contributed by atoms with Crippen LogP contribution in [0.25, 0.3) is 21.9 Å². The first-order valence-corrected chi connectivity index (χ1v) is 14.1. The Kier molecular flexibility index (Phi) is 8.10. The molecule has 2 aromatic carbocycles. The molecule has 0 spiro atoms. The molecule has 4 rings (SSSR count).